The highest BCUT2D eigenvalue weighted by Gasteiger charge is 2.30. The van der Waals surface area contributed by atoms with Crippen molar-refractivity contribution in [2.75, 3.05) is 25.1 Å². The number of rotatable bonds is 9. The van der Waals surface area contributed by atoms with E-state index < -0.39 is 22.5 Å². The fourth-order valence-corrected chi connectivity index (χ4v) is 5.97. The second kappa shape index (κ2) is 11.0. The summed E-state index contributed by atoms with van der Waals surface area (Å²) in [6.45, 7) is 1.51. The Morgan fingerprint density at radius 1 is 0.944 bits per heavy atom. The predicted molar refractivity (Wildman–Crippen MR) is 140 cm³/mol. The summed E-state index contributed by atoms with van der Waals surface area (Å²) in [6.07, 6.45) is 4.52. The van der Waals surface area contributed by atoms with Crippen LogP contribution in [0.1, 0.15) is 42.5 Å². The molecule has 190 valence electrons. The van der Waals surface area contributed by atoms with E-state index >= 15 is 0 Å². The van der Waals surface area contributed by atoms with Gasteiger partial charge in [-0.25, -0.2) is 8.42 Å². The molecule has 1 amide bonds. The molecule has 3 aromatic carbocycles. The van der Waals surface area contributed by atoms with Crippen LogP contribution in [-0.2, 0) is 27.7 Å². The van der Waals surface area contributed by atoms with Crippen LogP contribution in [0, 0.1) is 0 Å². The topological polar surface area (TPSA) is 84.9 Å². The lowest BCUT2D eigenvalue weighted by atomic mass is 9.89. The first-order valence-corrected chi connectivity index (χ1v) is 13.5. The Labute approximate surface area is 213 Å². The molecular formula is C28H32N2O5S. The third-order valence-electron chi connectivity index (χ3n) is 6.54. The highest BCUT2D eigenvalue weighted by atomic mass is 32.2. The van der Waals surface area contributed by atoms with E-state index in [1.165, 1.54) is 50.3 Å². The van der Waals surface area contributed by atoms with Crippen LogP contribution in [0.2, 0.25) is 0 Å². The lowest BCUT2D eigenvalue weighted by Gasteiger charge is -2.26. The van der Waals surface area contributed by atoms with E-state index in [2.05, 4.69) is 17.4 Å². The maximum absolute atomic E-state index is 13.7. The molecule has 8 heteroatoms. The molecule has 1 aliphatic rings. The van der Waals surface area contributed by atoms with Gasteiger partial charge in [0.05, 0.1) is 30.8 Å². The van der Waals surface area contributed by atoms with Crippen LogP contribution in [0.4, 0.5) is 5.69 Å². The zero-order valence-electron chi connectivity index (χ0n) is 20.9. The SMILES string of the molecule is COc1ccc(S(=O)(=O)N(CC(=O)N[C@H](C)c2ccc3c(c2)CCCC3)c2ccccc2OC)cc1. The monoisotopic (exact) mass is 508 g/mol. The molecule has 1 aliphatic carbocycles. The van der Waals surface area contributed by atoms with Gasteiger partial charge in [0.15, 0.2) is 0 Å². The molecule has 36 heavy (non-hydrogen) atoms. The highest BCUT2D eigenvalue weighted by molar-refractivity contribution is 7.92. The average Bonchev–Trinajstić information content (AvgIpc) is 2.91. The van der Waals surface area contributed by atoms with Gasteiger partial charge in [0.25, 0.3) is 10.0 Å². The van der Waals surface area contributed by atoms with Gasteiger partial charge in [-0.2, -0.15) is 0 Å². The van der Waals surface area contributed by atoms with Crippen LogP contribution >= 0.6 is 0 Å². The van der Waals surface area contributed by atoms with E-state index in [4.69, 9.17) is 9.47 Å². The lowest BCUT2D eigenvalue weighted by molar-refractivity contribution is -0.120. The number of anilines is 1. The van der Waals surface area contributed by atoms with Gasteiger partial charge in [0, 0.05) is 0 Å². The zero-order chi connectivity index (χ0) is 25.7. The number of fused-ring (bicyclic) bond motifs is 1. The minimum Gasteiger partial charge on any atom is -0.497 e. The Morgan fingerprint density at radius 2 is 1.64 bits per heavy atom. The summed E-state index contributed by atoms with van der Waals surface area (Å²) >= 11 is 0. The fourth-order valence-electron chi connectivity index (χ4n) is 4.53. The first-order valence-electron chi connectivity index (χ1n) is 12.0. The van der Waals surface area contributed by atoms with E-state index in [0.29, 0.717) is 11.5 Å². The number of sulfonamides is 1. The maximum atomic E-state index is 13.7. The van der Waals surface area contributed by atoms with Gasteiger partial charge in [0.1, 0.15) is 18.0 Å². The van der Waals surface area contributed by atoms with Gasteiger partial charge >= 0.3 is 0 Å². The molecular weight excluding hydrogens is 476 g/mol. The van der Waals surface area contributed by atoms with Crippen molar-refractivity contribution >= 4 is 21.6 Å². The van der Waals surface area contributed by atoms with Crippen molar-refractivity contribution in [2.45, 2.75) is 43.5 Å². The maximum Gasteiger partial charge on any atom is 0.264 e. The summed E-state index contributed by atoms with van der Waals surface area (Å²) in [7, 11) is -1.10. The number of carbonyl (C=O) groups is 1. The molecule has 0 saturated carbocycles. The second-order valence-electron chi connectivity index (χ2n) is 8.88. The number of carbonyl (C=O) groups excluding carboxylic acids is 1. The molecule has 3 aromatic rings. The zero-order valence-corrected chi connectivity index (χ0v) is 21.7. The lowest BCUT2D eigenvalue weighted by Crippen LogP contribution is -2.41. The van der Waals surface area contributed by atoms with Gasteiger partial charge in [-0.15, -0.1) is 0 Å². The molecule has 7 nitrogen and oxygen atoms in total. The van der Waals surface area contributed by atoms with Crippen molar-refractivity contribution in [2.24, 2.45) is 0 Å². The Hall–Kier alpha value is -3.52. The molecule has 0 unspecified atom stereocenters. The number of benzene rings is 3. The highest BCUT2D eigenvalue weighted by Crippen LogP contribution is 2.33. The van der Waals surface area contributed by atoms with E-state index in [1.54, 1.807) is 36.4 Å². The number of para-hydroxylation sites is 2. The first-order chi connectivity index (χ1) is 17.3. The second-order valence-corrected chi connectivity index (χ2v) is 10.7. The number of aryl methyl sites for hydroxylation is 2. The van der Waals surface area contributed by atoms with E-state index in [0.717, 1.165) is 22.7 Å². The van der Waals surface area contributed by atoms with Crippen molar-refractivity contribution in [3.05, 3.63) is 83.4 Å². The molecule has 1 atom stereocenters. The van der Waals surface area contributed by atoms with Crippen LogP contribution in [0.15, 0.2) is 71.6 Å². The summed E-state index contributed by atoms with van der Waals surface area (Å²) < 4.78 is 39.1. The van der Waals surface area contributed by atoms with Gasteiger partial charge < -0.3 is 14.8 Å². The summed E-state index contributed by atoms with van der Waals surface area (Å²) in [5.41, 5.74) is 3.99. The summed E-state index contributed by atoms with van der Waals surface area (Å²) in [4.78, 5) is 13.2. The number of ether oxygens (including phenoxy) is 2. The third kappa shape index (κ3) is 5.49. The Balaban J connectivity index is 1.60. The molecule has 0 aromatic heterocycles. The van der Waals surface area contributed by atoms with Crippen molar-refractivity contribution in [1.29, 1.82) is 0 Å². The minimum absolute atomic E-state index is 0.0461. The smallest absolute Gasteiger partial charge is 0.264 e. The van der Waals surface area contributed by atoms with Gasteiger partial charge in [-0.05, 0) is 85.7 Å². The molecule has 0 radical (unpaired) electrons. The van der Waals surface area contributed by atoms with Crippen molar-refractivity contribution in [3.63, 3.8) is 0 Å². The molecule has 0 heterocycles. The summed E-state index contributed by atoms with van der Waals surface area (Å²) in [5, 5.41) is 2.98. The van der Waals surface area contributed by atoms with E-state index in [1.807, 2.05) is 13.0 Å². The average molecular weight is 509 g/mol. The summed E-state index contributed by atoms with van der Waals surface area (Å²) in [6, 6.07) is 18.9. The van der Waals surface area contributed by atoms with E-state index in [-0.39, 0.29) is 16.6 Å². The minimum atomic E-state index is -4.08. The van der Waals surface area contributed by atoms with Crippen LogP contribution in [0.3, 0.4) is 0 Å². The van der Waals surface area contributed by atoms with Crippen LogP contribution < -0.4 is 19.1 Å². The first kappa shape index (κ1) is 25.6. The quantitative estimate of drug-likeness (QED) is 0.455. The number of hydrogen-bond donors (Lipinski definition) is 1. The number of nitrogens with zero attached hydrogens (tertiary/aromatic N) is 1. The molecule has 0 spiro atoms. The normalized spacial score (nSPS) is 13.9. The van der Waals surface area contributed by atoms with Gasteiger partial charge in [0.2, 0.25) is 5.91 Å². The molecule has 0 saturated heterocycles. The Kier molecular flexibility index (Phi) is 7.84. The van der Waals surface area contributed by atoms with Gasteiger partial charge in [-0.1, -0.05) is 30.3 Å². The number of methoxy groups -OCH3 is 2. The van der Waals surface area contributed by atoms with Crippen LogP contribution in [0.5, 0.6) is 11.5 Å². The standard InChI is InChI=1S/C28H32N2O5S/c1-20(22-13-12-21-8-4-5-9-23(21)18-22)29-28(31)19-30(26-10-6-7-11-27(26)35-3)36(32,33)25-16-14-24(34-2)15-17-25/h6-7,10-18,20H,4-5,8-9,19H2,1-3H3,(H,29,31)/t20-/m1/s1. The van der Waals surface area contributed by atoms with Crippen molar-refractivity contribution in [3.8, 4) is 11.5 Å². The van der Waals surface area contributed by atoms with Gasteiger partial charge in [-0.3, -0.25) is 9.10 Å². The molecule has 1 N–H and O–H groups in total. The number of hydrogen-bond acceptors (Lipinski definition) is 5. The van der Waals surface area contributed by atoms with Crippen molar-refractivity contribution < 1.29 is 22.7 Å². The van der Waals surface area contributed by atoms with Crippen molar-refractivity contribution in [1.82, 2.24) is 5.32 Å². The third-order valence-corrected chi connectivity index (χ3v) is 8.31. The Morgan fingerprint density at radius 3 is 2.33 bits per heavy atom. The predicted octanol–water partition coefficient (Wildman–Crippen LogP) is 4.66. The van der Waals surface area contributed by atoms with Crippen LogP contribution in [0.25, 0.3) is 0 Å². The molecule has 0 aliphatic heterocycles. The number of amides is 1. The van der Waals surface area contributed by atoms with Crippen LogP contribution in [-0.4, -0.2) is 35.1 Å². The molecule has 0 bridgehead atoms. The largest absolute Gasteiger partial charge is 0.497 e. The fraction of sp³-hybridized carbons (Fsp3) is 0.321. The van der Waals surface area contributed by atoms with E-state index in [9.17, 15) is 13.2 Å². The number of nitrogens with one attached hydrogen (secondary N) is 1. The molecule has 4 rings (SSSR count). The Bertz CT molecular complexity index is 1320. The molecule has 0 fully saturated rings. The summed E-state index contributed by atoms with van der Waals surface area (Å²) in [5.74, 6) is 0.475.